The zero-order valence-corrected chi connectivity index (χ0v) is 28.3. The summed E-state index contributed by atoms with van der Waals surface area (Å²) in [5, 5.41) is 3.48. The average molecular weight is 681 g/mol. The van der Waals surface area contributed by atoms with E-state index in [1.165, 1.54) is 37.3 Å². The first-order chi connectivity index (χ1) is 21.5. The Morgan fingerprint density at radius 2 is 1.60 bits per heavy atom. The van der Waals surface area contributed by atoms with Gasteiger partial charge in [-0.25, -0.2) is 8.42 Å². The van der Waals surface area contributed by atoms with Gasteiger partial charge in [-0.05, 0) is 74.4 Å². The standard InChI is InChI=1S/C32H39Cl2N3O7S/c1-6-8-17-35-32(39)22(3)36(20-23-9-15-27(33)28(34)18-23)31(38)21-37(24-10-12-25(13-11-24)44-7-2)45(40,41)26-14-16-29(42-4)30(19-26)43-5/h9-16,18-19,22H,6-8,17,20-21H2,1-5H3,(H,35,39)/t22-/m1/s1. The summed E-state index contributed by atoms with van der Waals surface area (Å²) in [4.78, 5) is 28.5. The van der Waals surface area contributed by atoms with Crippen LogP contribution in [-0.2, 0) is 26.2 Å². The summed E-state index contributed by atoms with van der Waals surface area (Å²) in [7, 11) is -1.50. The van der Waals surface area contributed by atoms with Gasteiger partial charge < -0.3 is 24.4 Å². The fourth-order valence-corrected chi connectivity index (χ4v) is 6.21. The van der Waals surface area contributed by atoms with Gasteiger partial charge in [-0.1, -0.05) is 42.6 Å². The largest absolute Gasteiger partial charge is 0.494 e. The van der Waals surface area contributed by atoms with E-state index >= 15 is 0 Å². The Bertz CT molecular complexity index is 1570. The van der Waals surface area contributed by atoms with E-state index < -0.39 is 28.5 Å². The van der Waals surface area contributed by atoms with Gasteiger partial charge in [0.15, 0.2) is 11.5 Å². The summed E-state index contributed by atoms with van der Waals surface area (Å²) in [5.74, 6) is 0.102. The van der Waals surface area contributed by atoms with E-state index in [0.29, 0.717) is 35.2 Å². The predicted octanol–water partition coefficient (Wildman–Crippen LogP) is 5.94. The van der Waals surface area contributed by atoms with Crippen LogP contribution in [0.1, 0.15) is 39.2 Å². The molecule has 3 aromatic carbocycles. The molecule has 0 spiro atoms. The predicted molar refractivity (Wildman–Crippen MR) is 176 cm³/mol. The molecule has 45 heavy (non-hydrogen) atoms. The van der Waals surface area contributed by atoms with Gasteiger partial charge in [0.05, 0.1) is 41.5 Å². The first-order valence-corrected chi connectivity index (χ1v) is 16.6. The van der Waals surface area contributed by atoms with Crippen molar-refractivity contribution in [2.75, 3.05) is 38.2 Å². The van der Waals surface area contributed by atoms with Crippen molar-refractivity contribution in [2.45, 2.75) is 51.1 Å². The molecule has 0 radical (unpaired) electrons. The number of anilines is 1. The van der Waals surface area contributed by atoms with E-state index in [1.807, 2.05) is 13.8 Å². The second kappa shape index (κ2) is 16.6. The number of benzene rings is 3. The minimum Gasteiger partial charge on any atom is -0.494 e. The number of methoxy groups -OCH3 is 2. The fraction of sp³-hybridized carbons (Fsp3) is 0.375. The second-order valence-electron chi connectivity index (χ2n) is 10.0. The molecule has 244 valence electrons. The van der Waals surface area contributed by atoms with Crippen LogP contribution in [0.4, 0.5) is 5.69 Å². The molecule has 1 N–H and O–H groups in total. The van der Waals surface area contributed by atoms with Crippen molar-refractivity contribution in [3.8, 4) is 17.2 Å². The summed E-state index contributed by atoms with van der Waals surface area (Å²) in [6.45, 7) is 5.67. The summed E-state index contributed by atoms with van der Waals surface area (Å²) < 4.78 is 45.5. The summed E-state index contributed by atoms with van der Waals surface area (Å²) in [6.07, 6.45) is 1.65. The fourth-order valence-electron chi connectivity index (χ4n) is 4.46. The number of amides is 2. The third-order valence-corrected chi connectivity index (χ3v) is 9.50. The number of sulfonamides is 1. The van der Waals surface area contributed by atoms with Crippen molar-refractivity contribution in [3.05, 3.63) is 76.3 Å². The Hall–Kier alpha value is -3.67. The van der Waals surface area contributed by atoms with Crippen molar-refractivity contribution in [2.24, 2.45) is 0 Å². The molecule has 0 heterocycles. The lowest BCUT2D eigenvalue weighted by molar-refractivity contribution is -0.139. The lowest BCUT2D eigenvalue weighted by atomic mass is 10.1. The number of nitrogens with one attached hydrogen (secondary N) is 1. The molecule has 13 heteroatoms. The Labute approximate surface area is 275 Å². The molecule has 0 aliphatic rings. The summed E-state index contributed by atoms with van der Waals surface area (Å²) >= 11 is 12.3. The molecule has 3 rings (SSSR count). The number of hydrogen-bond donors (Lipinski definition) is 1. The topological polar surface area (TPSA) is 114 Å². The molecule has 1 atom stereocenters. The number of nitrogens with zero attached hydrogens (tertiary/aromatic N) is 2. The van der Waals surface area contributed by atoms with E-state index in [0.717, 1.165) is 17.1 Å². The highest BCUT2D eigenvalue weighted by atomic mass is 35.5. The quantitative estimate of drug-likeness (QED) is 0.186. The number of hydrogen-bond acceptors (Lipinski definition) is 7. The van der Waals surface area contributed by atoms with Crippen molar-refractivity contribution in [1.82, 2.24) is 10.2 Å². The smallest absolute Gasteiger partial charge is 0.264 e. The van der Waals surface area contributed by atoms with Crippen LogP contribution in [0, 0.1) is 0 Å². The molecule has 3 aromatic rings. The first-order valence-electron chi connectivity index (χ1n) is 14.4. The highest BCUT2D eigenvalue weighted by molar-refractivity contribution is 7.92. The summed E-state index contributed by atoms with van der Waals surface area (Å²) in [5.41, 5.74) is 0.831. The number of halogens is 2. The van der Waals surface area contributed by atoms with Crippen molar-refractivity contribution in [3.63, 3.8) is 0 Å². The molecule has 0 aliphatic heterocycles. The minimum atomic E-state index is -4.34. The maximum absolute atomic E-state index is 14.2. The Balaban J connectivity index is 2.07. The molecule has 0 saturated carbocycles. The van der Waals surface area contributed by atoms with Crippen molar-refractivity contribution >= 4 is 50.7 Å². The molecular formula is C32H39Cl2N3O7S. The minimum absolute atomic E-state index is 0.0222. The van der Waals surface area contributed by atoms with Crippen LogP contribution in [0.2, 0.25) is 10.0 Å². The molecule has 0 aromatic heterocycles. The highest BCUT2D eigenvalue weighted by Gasteiger charge is 2.33. The molecule has 0 fully saturated rings. The van der Waals surface area contributed by atoms with Crippen LogP contribution in [-0.4, -0.2) is 65.1 Å². The second-order valence-corrected chi connectivity index (χ2v) is 12.7. The van der Waals surface area contributed by atoms with Crippen LogP contribution in [0.3, 0.4) is 0 Å². The Morgan fingerprint density at radius 3 is 2.20 bits per heavy atom. The molecule has 0 bridgehead atoms. The van der Waals surface area contributed by atoms with E-state index in [2.05, 4.69) is 5.32 Å². The molecule has 0 saturated heterocycles. The normalized spacial score (nSPS) is 11.8. The number of carbonyl (C=O) groups excluding carboxylic acids is 2. The first kappa shape index (κ1) is 35.8. The lowest BCUT2D eigenvalue weighted by Gasteiger charge is -2.32. The average Bonchev–Trinajstić information content (AvgIpc) is 3.03. The molecule has 10 nitrogen and oxygen atoms in total. The SMILES string of the molecule is CCCCNC(=O)[C@@H](C)N(Cc1ccc(Cl)c(Cl)c1)C(=O)CN(c1ccc(OCC)cc1)S(=O)(=O)c1ccc(OC)c(OC)c1. The lowest BCUT2D eigenvalue weighted by Crippen LogP contribution is -2.51. The number of carbonyl (C=O) groups is 2. The zero-order chi connectivity index (χ0) is 33.1. The number of rotatable bonds is 16. The number of unbranched alkanes of at least 4 members (excludes halogenated alkanes) is 1. The Kier molecular flexibility index (Phi) is 13.2. The summed E-state index contributed by atoms with van der Waals surface area (Å²) in [6, 6.07) is 14.5. The molecule has 2 amide bonds. The molecule has 0 unspecified atom stereocenters. The van der Waals surface area contributed by atoms with Gasteiger partial charge in [0.1, 0.15) is 18.3 Å². The highest BCUT2D eigenvalue weighted by Crippen LogP contribution is 2.33. The third kappa shape index (κ3) is 9.18. The Morgan fingerprint density at radius 1 is 0.911 bits per heavy atom. The van der Waals surface area contributed by atoms with E-state index in [1.54, 1.807) is 49.4 Å². The monoisotopic (exact) mass is 679 g/mol. The number of ether oxygens (including phenoxy) is 3. The zero-order valence-electron chi connectivity index (χ0n) is 26.0. The molecular weight excluding hydrogens is 641 g/mol. The van der Waals surface area contributed by atoms with Gasteiger partial charge in [-0.3, -0.25) is 13.9 Å². The third-order valence-electron chi connectivity index (χ3n) is 6.99. The van der Waals surface area contributed by atoms with Crippen LogP contribution in [0.15, 0.2) is 65.6 Å². The van der Waals surface area contributed by atoms with Crippen molar-refractivity contribution < 1.29 is 32.2 Å². The van der Waals surface area contributed by atoms with E-state index in [9.17, 15) is 18.0 Å². The van der Waals surface area contributed by atoms with Crippen LogP contribution >= 0.6 is 23.2 Å². The molecule has 0 aliphatic carbocycles. The maximum Gasteiger partial charge on any atom is 0.264 e. The van der Waals surface area contributed by atoms with Crippen molar-refractivity contribution in [1.29, 1.82) is 0 Å². The van der Waals surface area contributed by atoms with Gasteiger partial charge >= 0.3 is 0 Å². The van der Waals surface area contributed by atoms with Crippen LogP contribution in [0.5, 0.6) is 17.2 Å². The van der Waals surface area contributed by atoms with E-state index in [-0.39, 0.29) is 33.8 Å². The maximum atomic E-state index is 14.2. The van der Waals surface area contributed by atoms with Crippen LogP contribution < -0.4 is 23.8 Å². The van der Waals surface area contributed by atoms with Gasteiger partial charge in [0.25, 0.3) is 10.0 Å². The van der Waals surface area contributed by atoms with Gasteiger partial charge in [-0.15, -0.1) is 0 Å². The van der Waals surface area contributed by atoms with E-state index in [4.69, 9.17) is 37.4 Å². The van der Waals surface area contributed by atoms with Gasteiger partial charge in [-0.2, -0.15) is 0 Å². The van der Waals surface area contributed by atoms with Gasteiger partial charge in [0, 0.05) is 19.2 Å². The van der Waals surface area contributed by atoms with Gasteiger partial charge in [0.2, 0.25) is 11.8 Å². The van der Waals surface area contributed by atoms with Crippen LogP contribution in [0.25, 0.3) is 0 Å².